The highest BCUT2D eigenvalue weighted by molar-refractivity contribution is 7.09. The van der Waals surface area contributed by atoms with E-state index in [1.807, 2.05) is 19.2 Å². The molecule has 0 aliphatic carbocycles. The molecule has 3 aromatic heterocycles. The molecule has 3 rings (SSSR count). The summed E-state index contributed by atoms with van der Waals surface area (Å²) in [7, 11) is 0. The number of aryl methyl sites for hydroxylation is 3. The average molecular weight is 265 g/mol. The molecule has 18 heavy (non-hydrogen) atoms. The second-order valence-electron chi connectivity index (χ2n) is 3.21. The Bertz CT molecular complexity index is 413. The van der Waals surface area contributed by atoms with Crippen LogP contribution in [-0.2, 0) is 0 Å². The van der Waals surface area contributed by atoms with Gasteiger partial charge in [-0.25, -0.2) is 4.98 Å². The molecule has 0 unspecified atom stereocenters. The highest BCUT2D eigenvalue weighted by Gasteiger charge is 1.78. The van der Waals surface area contributed by atoms with E-state index < -0.39 is 0 Å². The van der Waals surface area contributed by atoms with Crippen LogP contribution in [0.1, 0.15) is 16.6 Å². The Kier molecular flexibility index (Phi) is 6.34. The predicted octanol–water partition coefficient (Wildman–Crippen LogP) is 2.55. The van der Waals surface area contributed by atoms with Crippen molar-refractivity contribution in [2.24, 2.45) is 0 Å². The number of hydrogen-bond acceptors (Lipinski definition) is 6. The molecule has 96 valence electrons. The molecule has 0 spiro atoms. The van der Waals surface area contributed by atoms with Crippen LogP contribution in [0.5, 0.6) is 0 Å². The minimum Gasteiger partial charge on any atom is -0.449 e. The predicted molar refractivity (Wildman–Crippen MR) is 69.2 cm³/mol. The van der Waals surface area contributed by atoms with Gasteiger partial charge in [0.2, 0.25) is 0 Å². The lowest BCUT2D eigenvalue weighted by atomic mass is 10.6. The molecular formula is C11H15N5OS. The van der Waals surface area contributed by atoms with Crippen LogP contribution in [-0.4, -0.2) is 25.4 Å². The van der Waals surface area contributed by atoms with E-state index >= 15 is 0 Å². The summed E-state index contributed by atoms with van der Waals surface area (Å²) in [5.41, 5.74) is 0.926. The van der Waals surface area contributed by atoms with Crippen molar-refractivity contribution in [2.75, 3.05) is 0 Å². The van der Waals surface area contributed by atoms with Crippen molar-refractivity contribution in [3.05, 3.63) is 46.8 Å². The van der Waals surface area contributed by atoms with E-state index in [0.29, 0.717) is 0 Å². The van der Waals surface area contributed by atoms with Crippen molar-refractivity contribution >= 4 is 11.3 Å². The molecule has 3 heterocycles. The lowest BCUT2D eigenvalue weighted by molar-refractivity contribution is 0.521. The smallest absolute Gasteiger partial charge is 0.190 e. The van der Waals surface area contributed by atoms with Crippen molar-refractivity contribution in [3.63, 3.8) is 0 Å². The van der Waals surface area contributed by atoms with Crippen LogP contribution in [0.25, 0.3) is 0 Å². The zero-order valence-corrected chi connectivity index (χ0v) is 11.3. The first-order valence-electron chi connectivity index (χ1n) is 5.23. The number of oxazole rings is 1. The Morgan fingerprint density at radius 3 is 2.17 bits per heavy atom. The van der Waals surface area contributed by atoms with Gasteiger partial charge in [0.05, 0.1) is 23.1 Å². The number of thiazole rings is 1. The molecule has 0 atom stereocenters. The van der Waals surface area contributed by atoms with Gasteiger partial charge in [0.15, 0.2) is 5.89 Å². The maximum Gasteiger partial charge on any atom is 0.190 e. The zero-order chi connectivity index (χ0) is 13.2. The van der Waals surface area contributed by atoms with E-state index in [0.717, 1.165) is 16.6 Å². The van der Waals surface area contributed by atoms with Crippen molar-refractivity contribution < 1.29 is 4.42 Å². The molecule has 0 bridgehead atoms. The maximum atomic E-state index is 4.72. The third kappa shape index (κ3) is 6.54. The second kappa shape index (κ2) is 8.13. The van der Waals surface area contributed by atoms with E-state index in [9.17, 15) is 0 Å². The Balaban J connectivity index is 0.000000135. The van der Waals surface area contributed by atoms with Crippen LogP contribution in [0.15, 0.2) is 34.7 Å². The largest absolute Gasteiger partial charge is 0.449 e. The Hall–Kier alpha value is -2.02. The molecule has 0 aliphatic rings. The molecule has 0 saturated carbocycles. The van der Waals surface area contributed by atoms with Gasteiger partial charge in [0.25, 0.3) is 0 Å². The molecule has 0 saturated heterocycles. The van der Waals surface area contributed by atoms with Gasteiger partial charge in [-0.05, 0) is 13.8 Å². The molecule has 1 N–H and O–H groups in total. The van der Waals surface area contributed by atoms with Gasteiger partial charge in [-0.1, -0.05) is 0 Å². The summed E-state index contributed by atoms with van der Waals surface area (Å²) in [5, 5.41) is 12.8. The number of nitrogens with one attached hydrogen (secondary N) is 1. The lowest BCUT2D eigenvalue weighted by Gasteiger charge is -1.67. The summed E-state index contributed by atoms with van der Waals surface area (Å²) >= 11 is 1.67. The normalized spacial score (nSPS) is 8.83. The Labute approximate surface area is 109 Å². The van der Waals surface area contributed by atoms with Crippen molar-refractivity contribution in [1.82, 2.24) is 25.4 Å². The number of H-pyrrole nitrogens is 1. The first kappa shape index (κ1) is 14.0. The number of nitrogens with zero attached hydrogens (tertiary/aromatic N) is 4. The summed E-state index contributed by atoms with van der Waals surface area (Å²) in [6.07, 6.45) is 6.64. The third-order valence-corrected chi connectivity index (χ3v) is 2.35. The number of rotatable bonds is 0. The number of aromatic amines is 1. The fraction of sp³-hybridized carbons (Fsp3) is 0.273. The summed E-state index contributed by atoms with van der Waals surface area (Å²) in [4.78, 5) is 7.69. The Morgan fingerprint density at radius 1 is 1.17 bits per heavy atom. The molecule has 7 heteroatoms. The van der Waals surface area contributed by atoms with Crippen LogP contribution in [0.2, 0.25) is 0 Å². The summed E-state index contributed by atoms with van der Waals surface area (Å²) in [6.45, 7) is 5.67. The molecule has 0 radical (unpaired) electrons. The van der Waals surface area contributed by atoms with Gasteiger partial charge in [0.1, 0.15) is 6.26 Å². The summed E-state index contributed by atoms with van der Waals surface area (Å²) < 4.78 is 4.72. The van der Waals surface area contributed by atoms with Gasteiger partial charge in [-0.2, -0.15) is 15.4 Å². The molecule has 0 amide bonds. The summed E-state index contributed by atoms with van der Waals surface area (Å²) in [6, 6.07) is 0. The van der Waals surface area contributed by atoms with E-state index in [4.69, 9.17) is 4.42 Å². The highest BCUT2D eigenvalue weighted by Crippen LogP contribution is 1.98. The average Bonchev–Trinajstić information content (AvgIpc) is 3.05. The molecule has 3 aromatic rings. The van der Waals surface area contributed by atoms with Gasteiger partial charge in [0, 0.05) is 18.5 Å². The van der Waals surface area contributed by atoms with Crippen molar-refractivity contribution in [1.29, 1.82) is 0 Å². The molecular weight excluding hydrogens is 250 g/mol. The molecule has 6 nitrogen and oxygen atoms in total. The fourth-order valence-corrected chi connectivity index (χ4v) is 1.29. The van der Waals surface area contributed by atoms with E-state index in [1.54, 1.807) is 43.1 Å². The van der Waals surface area contributed by atoms with Crippen LogP contribution in [0.3, 0.4) is 0 Å². The van der Waals surface area contributed by atoms with Gasteiger partial charge in [-0.3, -0.25) is 4.98 Å². The first-order chi connectivity index (χ1) is 8.68. The zero-order valence-electron chi connectivity index (χ0n) is 10.5. The summed E-state index contributed by atoms with van der Waals surface area (Å²) in [5.74, 6) is 0.718. The van der Waals surface area contributed by atoms with Crippen LogP contribution in [0, 0.1) is 20.8 Å². The van der Waals surface area contributed by atoms with Crippen LogP contribution < -0.4 is 0 Å². The SMILES string of the molecule is Cc1cn[nH]n1.Cc1ncco1.Cc1nccs1. The number of aromatic nitrogens is 5. The topological polar surface area (TPSA) is 80.5 Å². The van der Waals surface area contributed by atoms with Crippen LogP contribution in [0.4, 0.5) is 0 Å². The van der Waals surface area contributed by atoms with Gasteiger partial charge >= 0.3 is 0 Å². The van der Waals surface area contributed by atoms with Gasteiger partial charge in [-0.15, -0.1) is 11.3 Å². The van der Waals surface area contributed by atoms with Crippen molar-refractivity contribution in [3.8, 4) is 0 Å². The van der Waals surface area contributed by atoms with Crippen molar-refractivity contribution in [2.45, 2.75) is 20.8 Å². The standard InChI is InChI=1S/C4H5NO.C4H5NS.C3H5N3/c2*1-4-5-2-3-6-4;1-3-2-4-6-5-3/h2*2-3H,1H3;2H,1H3,(H,4,5,6). The first-order valence-corrected chi connectivity index (χ1v) is 6.11. The van der Waals surface area contributed by atoms with E-state index in [2.05, 4.69) is 25.4 Å². The third-order valence-electron chi connectivity index (χ3n) is 1.65. The quantitative estimate of drug-likeness (QED) is 0.675. The lowest BCUT2D eigenvalue weighted by Crippen LogP contribution is -1.66. The second-order valence-corrected chi connectivity index (χ2v) is 4.31. The van der Waals surface area contributed by atoms with E-state index in [1.165, 1.54) is 0 Å². The molecule has 0 fully saturated rings. The number of hydrogen-bond donors (Lipinski definition) is 1. The fourth-order valence-electron chi connectivity index (χ4n) is 0.848. The minimum atomic E-state index is 0.718. The van der Waals surface area contributed by atoms with Gasteiger partial charge < -0.3 is 4.42 Å². The Morgan fingerprint density at radius 2 is 2.00 bits per heavy atom. The molecule has 0 aromatic carbocycles. The highest BCUT2D eigenvalue weighted by atomic mass is 32.1. The van der Waals surface area contributed by atoms with E-state index in [-0.39, 0.29) is 0 Å². The monoisotopic (exact) mass is 265 g/mol. The molecule has 0 aliphatic heterocycles. The maximum absolute atomic E-state index is 4.72. The minimum absolute atomic E-state index is 0.718. The van der Waals surface area contributed by atoms with Crippen LogP contribution >= 0.6 is 11.3 Å².